The van der Waals surface area contributed by atoms with Gasteiger partial charge in [-0.05, 0) is 25.1 Å². The van der Waals surface area contributed by atoms with E-state index in [2.05, 4.69) is 15.4 Å². The highest BCUT2D eigenvalue weighted by Gasteiger charge is 2.17. The van der Waals surface area contributed by atoms with Gasteiger partial charge in [-0.1, -0.05) is 18.2 Å². The fourth-order valence-electron chi connectivity index (χ4n) is 2.41. The Balaban J connectivity index is 1.59. The Bertz CT molecular complexity index is 813. The van der Waals surface area contributed by atoms with Crippen LogP contribution in [0, 0.1) is 6.92 Å². The maximum Gasteiger partial charge on any atom is 0.243 e. The number of hydrogen-bond acceptors (Lipinski definition) is 5. The maximum atomic E-state index is 5.49. The van der Waals surface area contributed by atoms with Crippen LogP contribution in [-0.4, -0.2) is 21.4 Å². The third kappa shape index (κ3) is 2.05. The van der Waals surface area contributed by atoms with Crippen LogP contribution in [0.3, 0.4) is 0 Å². The molecule has 3 heterocycles. The van der Waals surface area contributed by atoms with Crippen LogP contribution in [0.15, 0.2) is 36.4 Å². The highest BCUT2D eigenvalue weighted by Crippen LogP contribution is 2.35. The van der Waals surface area contributed by atoms with E-state index in [0.717, 1.165) is 28.4 Å². The van der Waals surface area contributed by atoms with Crippen LogP contribution < -0.4 is 14.8 Å². The van der Waals surface area contributed by atoms with Crippen LogP contribution in [0.2, 0.25) is 0 Å². The van der Waals surface area contributed by atoms with E-state index in [1.54, 1.807) is 0 Å². The standard InChI is InChI=1S/C15H14N4O2/c1-10-4-2-7-13-17-15(18-19(10)13)16-8-11-5-3-6-12-14(11)21-9-20-12/h2-7H,8-9H2,1H3,(H,16,18). The first-order valence-corrected chi connectivity index (χ1v) is 6.75. The van der Waals surface area contributed by atoms with E-state index in [1.165, 1.54) is 0 Å². The summed E-state index contributed by atoms with van der Waals surface area (Å²) < 4.78 is 12.7. The Morgan fingerprint density at radius 2 is 2.10 bits per heavy atom. The molecule has 0 amide bonds. The van der Waals surface area contributed by atoms with E-state index >= 15 is 0 Å². The summed E-state index contributed by atoms with van der Waals surface area (Å²) in [7, 11) is 0. The molecule has 1 aliphatic heterocycles. The van der Waals surface area contributed by atoms with Crippen molar-refractivity contribution >= 4 is 11.6 Å². The summed E-state index contributed by atoms with van der Waals surface area (Å²) in [5, 5.41) is 7.67. The number of anilines is 1. The number of benzene rings is 1. The van der Waals surface area contributed by atoms with Crippen molar-refractivity contribution in [2.75, 3.05) is 12.1 Å². The van der Waals surface area contributed by atoms with Gasteiger partial charge in [0.05, 0.1) is 0 Å². The molecule has 0 atom stereocenters. The van der Waals surface area contributed by atoms with Crippen molar-refractivity contribution in [3.8, 4) is 11.5 Å². The normalized spacial score (nSPS) is 12.8. The number of aromatic nitrogens is 3. The van der Waals surface area contributed by atoms with Gasteiger partial charge in [0.15, 0.2) is 17.1 Å². The number of nitrogens with zero attached hydrogens (tertiary/aromatic N) is 3. The quantitative estimate of drug-likeness (QED) is 0.799. The fraction of sp³-hybridized carbons (Fsp3) is 0.200. The van der Waals surface area contributed by atoms with E-state index in [4.69, 9.17) is 9.47 Å². The Kier molecular flexibility index (Phi) is 2.67. The van der Waals surface area contributed by atoms with Gasteiger partial charge in [0.1, 0.15) is 0 Å². The average molecular weight is 282 g/mol. The molecule has 106 valence electrons. The van der Waals surface area contributed by atoms with E-state index in [1.807, 2.05) is 47.8 Å². The maximum absolute atomic E-state index is 5.49. The van der Waals surface area contributed by atoms with E-state index in [0.29, 0.717) is 12.5 Å². The van der Waals surface area contributed by atoms with Gasteiger partial charge in [0.2, 0.25) is 12.7 Å². The molecule has 2 aromatic heterocycles. The number of aryl methyl sites for hydroxylation is 1. The van der Waals surface area contributed by atoms with Crippen molar-refractivity contribution in [3.05, 3.63) is 47.7 Å². The first kappa shape index (κ1) is 12.0. The molecular formula is C15H14N4O2. The van der Waals surface area contributed by atoms with Gasteiger partial charge in [-0.25, -0.2) is 4.52 Å². The molecule has 0 saturated heterocycles. The molecule has 0 radical (unpaired) electrons. The molecule has 21 heavy (non-hydrogen) atoms. The monoisotopic (exact) mass is 282 g/mol. The molecule has 1 N–H and O–H groups in total. The minimum Gasteiger partial charge on any atom is -0.454 e. The van der Waals surface area contributed by atoms with Crippen molar-refractivity contribution in [3.63, 3.8) is 0 Å². The zero-order valence-corrected chi connectivity index (χ0v) is 11.5. The third-order valence-electron chi connectivity index (χ3n) is 3.46. The zero-order chi connectivity index (χ0) is 14.2. The van der Waals surface area contributed by atoms with Crippen molar-refractivity contribution in [1.82, 2.24) is 14.6 Å². The summed E-state index contributed by atoms with van der Waals surface area (Å²) in [6.45, 7) is 2.86. The molecular weight excluding hydrogens is 268 g/mol. The number of hydrogen-bond donors (Lipinski definition) is 1. The van der Waals surface area contributed by atoms with Gasteiger partial charge in [-0.2, -0.15) is 4.98 Å². The number of fused-ring (bicyclic) bond motifs is 2. The van der Waals surface area contributed by atoms with Gasteiger partial charge in [0.25, 0.3) is 0 Å². The molecule has 0 spiro atoms. The Morgan fingerprint density at radius 1 is 1.19 bits per heavy atom. The molecule has 0 fully saturated rings. The second kappa shape index (κ2) is 4.66. The Morgan fingerprint density at radius 3 is 3.00 bits per heavy atom. The van der Waals surface area contributed by atoms with Crippen molar-refractivity contribution in [2.24, 2.45) is 0 Å². The lowest BCUT2D eigenvalue weighted by Crippen LogP contribution is -2.03. The predicted molar refractivity (Wildman–Crippen MR) is 77.6 cm³/mol. The lowest BCUT2D eigenvalue weighted by atomic mass is 10.2. The Hall–Kier alpha value is -2.76. The lowest BCUT2D eigenvalue weighted by Gasteiger charge is -2.05. The smallest absolute Gasteiger partial charge is 0.243 e. The third-order valence-corrected chi connectivity index (χ3v) is 3.46. The van der Waals surface area contributed by atoms with Gasteiger partial charge < -0.3 is 14.8 Å². The highest BCUT2D eigenvalue weighted by atomic mass is 16.7. The number of rotatable bonds is 3. The number of pyridine rings is 1. The highest BCUT2D eigenvalue weighted by molar-refractivity contribution is 5.50. The van der Waals surface area contributed by atoms with Crippen LogP contribution in [0.25, 0.3) is 5.65 Å². The SMILES string of the molecule is Cc1cccc2nc(NCc3cccc4c3OCO4)nn12. The molecule has 0 aliphatic carbocycles. The molecule has 6 heteroatoms. The first-order valence-electron chi connectivity index (χ1n) is 6.75. The molecule has 0 unspecified atom stereocenters. The second-order valence-electron chi connectivity index (χ2n) is 4.88. The van der Waals surface area contributed by atoms with Crippen molar-refractivity contribution < 1.29 is 9.47 Å². The van der Waals surface area contributed by atoms with Crippen LogP contribution in [-0.2, 0) is 6.54 Å². The zero-order valence-electron chi connectivity index (χ0n) is 11.5. The number of para-hydroxylation sites is 1. The number of nitrogens with one attached hydrogen (secondary N) is 1. The largest absolute Gasteiger partial charge is 0.454 e. The van der Waals surface area contributed by atoms with Gasteiger partial charge in [-0.15, -0.1) is 5.10 Å². The summed E-state index contributed by atoms with van der Waals surface area (Å²) in [6, 6.07) is 11.8. The molecule has 1 aromatic carbocycles. The van der Waals surface area contributed by atoms with Gasteiger partial charge >= 0.3 is 0 Å². The summed E-state index contributed by atoms with van der Waals surface area (Å²) in [6.07, 6.45) is 0. The van der Waals surface area contributed by atoms with Gasteiger partial charge in [0, 0.05) is 17.8 Å². The predicted octanol–water partition coefficient (Wildman–Crippen LogP) is 2.38. The second-order valence-corrected chi connectivity index (χ2v) is 4.88. The van der Waals surface area contributed by atoms with Crippen LogP contribution >= 0.6 is 0 Å². The summed E-state index contributed by atoms with van der Waals surface area (Å²) >= 11 is 0. The van der Waals surface area contributed by atoms with Gasteiger partial charge in [-0.3, -0.25) is 0 Å². The molecule has 0 bridgehead atoms. The Labute approximate surface area is 121 Å². The van der Waals surface area contributed by atoms with Crippen LogP contribution in [0.5, 0.6) is 11.5 Å². The summed E-state index contributed by atoms with van der Waals surface area (Å²) in [4.78, 5) is 4.45. The van der Waals surface area contributed by atoms with Crippen LogP contribution in [0.1, 0.15) is 11.3 Å². The minimum absolute atomic E-state index is 0.276. The molecule has 0 saturated carbocycles. The minimum atomic E-state index is 0.276. The first-order chi connectivity index (χ1) is 10.3. The van der Waals surface area contributed by atoms with Crippen molar-refractivity contribution in [1.29, 1.82) is 0 Å². The summed E-state index contributed by atoms with van der Waals surface area (Å²) in [5.74, 6) is 2.18. The average Bonchev–Trinajstić information content (AvgIpc) is 3.12. The lowest BCUT2D eigenvalue weighted by molar-refractivity contribution is 0.173. The molecule has 3 aromatic rings. The molecule has 1 aliphatic rings. The van der Waals surface area contributed by atoms with Crippen LogP contribution in [0.4, 0.5) is 5.95 Å². The number of ether oxygens (including phenoxy) is 2. The van der Waals surface area contributed by atoms with E-state index in [9.17, 15) is 0 Å². The summed E-state index contributed by atoms with van der Waals surface area (Å²) in [5.41, 5.74) is 2.90. The molecule has 6 nitrogen and oxygen atoms in total. The van der Waals surface area contributed by atoms with Crippen molar-refractivity contribution in [2.45, 2.75) is 13.5 Å². The fourth-order valence-corrected chi connectivity index (χ4v) is 2.41. The van der Waals surface area contributed by atoms with E-state index < -0.39 is 0 Å². The van der Waals surface area contributed by atoms with E-state index in [-0.39, 0.29) is 6.79 Å². The molecule has 4 rings (SSSR count). The topological polar surface area (TPSA) is 60.7 Å².